The first-order valence-electron chi connectivity index (χ1n) is 6.88. The smallest absolute Gasteiger partial charge is 0.147 e. The number of hydrogen-bond donors (Lipinski definition) is 1. The number of fused-ring (bicyclic) bond motifs is 1. The lowest BCUT2D eigenvalue weighted by Crippen LogP contribution is -2.32. The number of benzene rings is 1. The van der Waals surface area contributed by atoms with E-state index < -0.39 is 9.84 Å². The van der Waals surface area contributed by atoms with E-state index in [-0.39, 0.29) is 17.2 Å². The van der Waals surface area contributed by atoms with Gasteiger partial charge in [0, 0.05) is 17.3 Å². The highest BCUT2D eigenvalue weighted by atomic mass is 35.5. The van der Waals surface area contributed by atoms with E-state index >= 15 is 0 Å². The molecule has 0 saturated carbocycles. The number of rotatable bonds is 5. The summed E-state index contributed by atoms with van der Waals surface area (Å²) in [4.78, 5) is 0. The maximum absolute atomic E-state index is 11.2. The topological polar surface area (TPSA) is 46.2 Å². The molecule has 1 aliphatic rings. The zero-order valence-corrected chi connectivity index (χ0v) is 13.8. The number of sulfone groups is 1. The molecule has 3 nitrogen and oxygen atoms in total. The van der Waals surface area contributed by atoms with Gasteiger partial charge in [-0.3, -0.25) is 0 Å². The van der Waals surface area contributed by atoms with Crippen LogP contribution >= 0.6 is 11.6 Å². The van der Waals surface area contributed by atoms with E-state index in [0.29, 0.717) is 13.0 Å². The van der Waals surface area contributed by atoms with Crippen LogP contribution in [0.5, 0.6) is 0 Å². The van der Waals surface area contributed by atoms with Gasteiger partial charge >= 0.3 is 0 Å². The zero-order valence-electron chi connectivity index (χ0n) is 12.2. The van der Waals surface area contributed by atoms with Crippen LogP contribution in [0.1, 0.15) is 37.4 Å². The molecule has 20 heavy (non-hydrogen) atoms. The fraction of sp³-hybridized carbons (Fsp3) is 0.600. The predicted octanol–water partition coefficient (Wildman–Crippen LogP) is 2.99. The minimum Gasteiger partial charge on any atom is -0.309 e. The molecular weight excluding hydrogens is 294 g/mol. The van der Waals surface area contributed by atoms with Crippen molar-refractivity contribution in [3.05, 3.63) is 34.3 Å². The van der Waals surface area contributed by atoms with Crippen LogP contribution in [0.4, 0.5) is 0 Å². The van der Waals surface area contributed by atoms with Crippen molar-refractivity contribution in [3.8, 4) is 0 Å². The predicted molar refractivity (Wildman–Crippen MR) is 84.0 cm³/mol. The van der Waals surface area contributed by atoms with Crippen molar-refractivity contribution in [1.82, 2.24) is 5.32 Å². The third kappa shape index (κ3) is 3.74. The molecule has 0 radical (unpaired) electrons. The lowest BCUT2D eigenvalue weighted by molar-refractivity contribution is 0.270. The third-order valence-corrected chi connectivity index (χ3v) is 5.15. The summed E-state index contributed by atoms with van der Waals surface area (Å²) < 4.78 is 22.3. The Morgan fingerprint density at radius 1 is 1.40 bits per heavy atom. The summed E-state index contributed by atoms with van der Waals surface area (Å²) in [6.45, 7) is 5.16. The molecule has 1 atom stereocenters. The number of nitrogens with one attached hydrogen (secondary N) is 1. The molecule has 1 aromatic carbocycles. The summed E-state index contributed by atoms with van der Waals surface area (Å²) in [5, 5.41) is 4.26. The summed E-state index contributed by atoms with van der Waals surface area (Å²) in [6.07, 6.45) is 2.94. The molecule has 1 aliphatic carbocycles. The Balaban J connectivity index is 2.05. The minimum atomic E-state index is -2.88. The van der Waals surface area contributed by atoms with Gasteiger partial charge in [-0.2, -0.15) is 0 Å². The number of halogens is 1. The SMILES string of the molecule is CC1(C)Cc2ccc(Cl)cc2C1NCCCS(C)(=O)=O. The van der Waals surface area contributed by atoms with E-state index in [1.54, 1.807) is 0 Å². The van der Waals surface area contributed by atoms with E-state index in [0.717, 1.165) is 11.4 Å². The normalized spacial score (nSPS) is 20.9. The Labute approximate surface area is 126 Å². The van der Waals surface area contributed by atoms with Gasteiger partial charge in [0.25, 0.3) is 0 Å². The van der Waals surface area contributed by atoms with E-state index in [2.05, 4.69) is 25.2 Å². The zero-order chi connectivity index (χ0) is 15.0. The summed E-state index contributed by atoms with van der Waals surface area (Å²) in [5.41, 5.74) is 2.71. The summed E-state index contributed by atoms with van der Waals surface area (Å²) >= 11 is 6.10. The Morgan fingerprint density at radius 2 is 2.10 bits per heavy atom. The maximum Gasteiger partial charge on any atom is 0.147 e. The molecule has 1 aromatic rings. The van der Waals surface area contributed by atoms with Crippen molar-refractivity contribution in [2.75, 3.05) is 18.6 Å². The van der Waals surface area contributed by atoms with Gasteiger partial charge in [-0.25, -0.2) is 8.42 Å². The Morgan fingerprint density at radius 3 is 2.75 bits per heavy atom. The second kappa shape index (κ2) is 5.66. The van der Waals surface area contributed by atoms with Gasteiger partial charge in [0.05, 0.1) is 5.75 Å². The molecule has 0 aromatic heterocycles. The van der Waals surface area contributed by atoms with Crippen molar-refractivity contribution in [2.45, 2.75) is 32.7 Å². The average molecular weight is 316 g/mol. The first kappa shape index (κ1) is 15.8. The van der Waals surface area contributed by atoms with E-state index in [9.17, 15) is 8.42 Å². The standard InChI is InChI=1S/C15H22ClNO2S/c1-15(2)10-11-5-6-12(16)9-13(11)14(15)17-7-4-8-20(3,18)19/h5-6,9,14,17H,4,7-8,10H2,1-3H3. The molecule has 2 rings (SSSR count). The number of hydrogen-bond acceptors (Lipinski definition) is 3. The Hall–Kier alpha value is -0.580. The van der Waals surface area contributed by atoms with Crippen LogP contribution in [0.2, 0.25) is 5.02 Å². The molecule has 112 valence electrons. The molecule has 1 unspecified atom stereocenters. The summed E-state index contributed by atoms with van der Waals surface area (Å²) in [6, 6.07) is 6.29. The molecule has 0 amide bonds. The average Bonchev–Trinajstić information content (AvgIpc) is 2.54. The molecule has 0 saturated heterocycles. The lowest BCUT2D eigenvalue weighted by Gasteiger charge is -2.28. The Kier molecular flexibility index (Phi) is 4.47. The van der Waals surface area contributed by atoms with Crippen LogP contribution in [0, 0.1) is 5.41 Å². The van der Waals surface area contributed by atoms with Crippen molar-refractivity contribution in [3.63, 3.8) is 0 Å². The van der Waals surface area contributed by atoms with Crippen LogP contribution in [0.3, 0.4) is 0 Å². The second-order valence-corrected chi connectivity index (χ2v) is 9.08. The fourth-order valence-corrected chi connectivity index (χ4v) is 3.83. The van der Waals surface area contributed by atoms with Gasteiger partial charge in [-0.1, -0.05) is 31.5 Å². The second-order valence-electron chi connectivity index (χ2n) is 6.38. The fourth-order valence-electron chi connectivity index (χ4n) is 2.98. The maximum atomic E-state index is 11.2. The third-order valence-electron chi connectivity index (χ3n) is 3.89. The van der Waals surface area contributed by atoms with Crippen LogP contribution in [0.25, 0.3) is 0 Å². The van der Waals surface area contributed by atoms with E-state index in [1.165, 1.54) is 17.4 Å². The molecule has 1 N–H and O–H groups in total. The van der Waals surface area contributed by atoms with Gasteiger partial charge < -0.3 is 5.32 Å². The first-order valence-corrected chi connectivity index (χ1v) is 9.32. The van der Waals surface area contributed by atoms with Crippen molar-refractivity contribution < 1.29 is 8.42 Å². The van der Waals surface area contributed by atoms with Gasteiger partial charge in [0.2, 0.25) is 0 Å². The molecule has 0 bridgehead atoms. The summed E-state index contributed by atoms with van der Waals surface area (Å²) in [5.74, 6) is 0.232. The van der Waals surface area contributed by atoms with Crippen molar-refractivity contribution in [1.29, 1.82) is 0 Å². The van der Waals surface area contributed by atoms with Gasteiger partial charge in [-0.15, -0.1) is 0 Å². The first-order chi connectivity index (χ1) is 9.19. The molecule has 0 heterocycles. The van der Waals surface area contributed by atoms with E-state index in [4.69, 9.17) is 11.6 Å². The molecule has 0 spiro atoms. The lowest BCUT2D eigenvalue weighted by atomic mass is 9.85. The van der Waals surface area contributed by atoms with Crippen molar-refractivity contribution in [2.24, 2.45) is 5.41 Å². The van der Waals surface area contributed by atoms with Crippen LogP contribution in [-0.2, 0) is 16.3 Å². The Bertz CT molecular complexity index is 596. The molecule has 0 fully saturated rings. The minimum absolute atomic E-state index is 0.123. The molecular formula is C15H22ClNO2S. The van der Waals surface area contributed by atoms with Crippen LogP contribution in [-0.4, -0.2) is 27.0 Å². The largest absolute Gasteiger partial charge is 0.309 e. The van der Waals surface area contributed by atoms with Crippen LogP contribution in [0.15, 0.2) is 18.2 Å². The quantitative estimate of drug-likeness (QED) is 0.850. The molecule has 5 heteroatoms. The van der Waals surface area contributed by atoms with Gasteiger partial charge in [-0.05, 0) is 48.1 Å². The van der Waals surface area contributed by atoms with E-state index in [1.807, 2.05) is 12.1 Å². The van der Waals surface area contributed by atoms with Crippen molar-refractivity contribution >= 4 is 21.4 Å². The van der Waals surface area contributed by atoms with Gasteiger partial charge in [0.1, 0.15) is 9.84 Å². The summed E-state index contributed by atoms with van der Waals surface area (Å²) in [7, 11) is -2.88. The molecule has 0 aliphatic heterocycles. The monoisotopic (exact) mass is 315 g/mol. The highest BCUT2D eigenvalue weighted by Gasteiger charge is 2.38. The highest BCUT2D eigenvalue weighted by Crippen LogP contribution is 2.45. The van der Waals surface area contributed by atoms with Crippen LogP contribution < -0.4 is 5.32 Å². The van der Waals surface area contributed by atoms with Gasteiger partial charge in [0.15, 0.2) is 0 Å². The highest BCUT2D eigenvalue weighted by molar-refractivity contribution is 7.90.